The van der Waals surface area contributed by atoms with Crippen LogP contribution in [0.1, 0.15) is 16.1 Å². The molecular weight excluding hydrogens is 386 g/mol. The van der Waals surface area contributed by atoms with Crippen LogP contribution in [0.2, 0.25) is 0 Å². The van der Waals surface area contributed by atoms with Crippen molar-refractivity contribution in [3.05, 3.63) is 108 Å². The van der Waals surface area contributed by atoms with Crippen LogP contribution < -0.4 is 4.74 Å². The first-order valence-corrected chi connectivity index (χ1v) is 10.0. The van der Waals surface area contributed by atoms with Crippen molar-refractivity contribution in [2.24, 2.45) is 0 Å². The Hall–Kier alpha value is -4.18. The van der Waals surface area contributed by atoms with Crippen LogP contribution in [-0.2, 0) is 6.61 Å². The first-order chi connectivity index (χ1) is 15.2. The number of fused-ring (bicyclic) bond motifs is 2. The fourth-order valence-corrected chi connectivity index (χ4v) is 3.97. The summed E-state index contributed by atoms with van der Waals surface area (Å²) in [5.41, 5.74) is 2.81. The summed E-state index contributed by atoms with van der Waals surface area (Å²) >= 11 is 0. The Kier molecular flexibility index (Phi) is 4.81. The summed E-state index contributed by atoms with van der Waals surface area (Å²) in [6, 6.07) is 31.0. The zero-order valence-electron chi connectivity index (χ0n) is 16.7. The van der Waals surface area contributed by atoms with Gasteiger partial charge in [-0.15, -0.1) is 0 Å². The van der Waals surface area contributed by atoms with Gasteiger partial charge in [0.25, 0.3) is 0 Å². The van der Waals surface area contributed by atoms with Gasteiger partial charge in [-0.1, -0.05) is 84.9 Å². The summed E-state index contributed by atoms with van der Waals surface area (Å²) in [6.45, 7) is 0.0559. The first-order valence-electron chi connectivity index (χ1n) is 10.0. The third-order valence-electron chi connectivity index (χ3n) is 5.36. The summed E-state index contributed by atoms with van der Waals surface area (Å²) in [7, 11) is 0. The second-order valence-corrected chi connectivity index (χ2v) is 7.26. The molecule has 4 aromatic carbocycles. The molecule has 0 aliphatic rings. The van der Waals surface area contributed by atoms with E-state index in [-0.39, 0.29) is 12.2 Å². The third-order valence-corrected chi connectivity index (χ3v) is 5.36. The lowest BCUT2D eigenvalue weighted by molar-refractivity contribution is 0.0694. The largest absolute Gasteiger partial charge is 0.487 e. The number of carboxylic acids is 1. The van der Waals surface area contributed by atoms with Crippen molar-refractivity contribution in [1.29, 1.82) is 0 Å². The van der Waals surface area contributed by atoms with Gasteiger partial charge in [0.1, 0.15) is 12.4 Å². The average molecular weight is 405 g/mol. The summed E-state index contributed by atoms with van der Waals surface area (Å²) in [6.07, 6.45) is 0. The zero-order valence-corrected chi connectivity index (χ0v) is 16.7. The van der Waals surface area contributed by atoms with Crippen molar-refractivity contribution >= 4 is 27.6 Å². The number of carbonyl (C=O) groups is 1. The van der Waals surface area contributed by atoms with Gasteiger partial charge in [0.2, 0.25) is 0 Å². The number of nitrogens with zero attached hydrogens (tertiary/aromatic N) is 1. The summed E-state index contributed by atoms with van der Waals surface area (Å²) in [5, 5.41) is 13.0. The number of para-hydroxylation sites is 1. The molecule has 0 fully saturated rings. The second kappa shape index (κ2) is 7.92. The number of benzene rings is 4. The molecule has 1 N–H and O–H groups in total. The lowest BCUT2D eigenvalue weighted by atomic mass is 9.94. The van der Waals surface area contributed by atoms with Crippen LogP contribution in [0.25, 0.3) is 32.8 Å². The molecule has 0 spiro atoms. The maximum absolute atomic E-state index is 12.4. The maximum Gasteiger partial charge on any atom is 0.338 e. The lowest BCUT2D eigenvalue weighted by Gasteiger charge is -2.16. The molecule has 0 bridgehead atoms. The van der Waals surface area contributed by atoms with Gasteiger partial charge in [-0.2, -0.15) is 0 Å². The topological polar surface area (TPSA) is 59.4 Å². The highest BCUT2D eigenvalue weighted by Crippen LogP contribution is 2.34. The van der Waals surface area contributed by atoms with Crippen molar-refractivity contribution in [2.45, 2.75) is 6.61 Å². The predicted octanol–water partition coefficient (Wildman–Crippen LogP) is 6.33. The molecule has 0 atom stereocenters. The number of carboxylic acid groups (broad SMARTS) is 1. The first kappa shape index (κ1) is 18.8. The number of hydrogen-bond donors (Lipinski definition) is 1. The predicted molar refractivity (Wildman–Crippen MR) is 122 cm³/mol. The van der Waals surface area contributed by atoms with Gasteiger partial charge in [-0.3, -0.25) is 0 Å². The number of rotatable bonds is 5. The minimum atomic E-state index is -1.02. The molecule has 1 aromatic heterocycles. The van der Waals surface area contributed by atoms with Crippen molar-refractivity contribution in [2.75, 3.05) is 0 Å². The molecule has 0 unspecified atom stereocenters. The number of hydrogen-bond acceptors (Lipinski definition) is 3. The summed E-state index contributed by atoms with van der Waals surface area (Å²) in [5.74, 6) is -0.320. The second-order valence-electron chi connectivity index (χ2n) is 7.26. The summed E-state index contributed by atoms with van der Waals surface area (Å²) in [4.78, 5) is 17.1. The molecule has 4 nitrogen and oxygen atoms in total. The van der Waals surface area contributed by atoms with Gasteiger partial charge in [-0.05, 0) is 23.1 Å². The fraction of sp³-hybridized carbons (Fsp3) is 0.0370. The molecule has 4 heteroatoms. The van der Waals surface area contributed by atoms with E-state index < -0.39 is 5.97 Å². The number of pyridine rings is 1. The van der Waals surface area contributed by atoms with Gasteiger partial charge in [0.15, 0.2) is 0 Å². The highest BCUT2D eigenvalue weighted by molar-refractivity contribution is 6.07. The molecule has 0 aliphatic heterocycles. The molecule has 31 heavy (non-hydrogen) atoms. The number of aromatic nitrogens is 1. The van der Waals surface area contributed by atoms with Crippen molar-refractivity contribution < 1.29 is 14.6 Å². The monoisotopic (exact) mass is 405 g/mol. The van der Waals surface area contributed by atoms with Gasteiger partial charge < -0.3 is 9.84 Å². The summed E-state index contributed by atoms with van der Waals surface area (Å²) < 4.78 is 6.11. The quantitative estimate of drug-likeness (QED) is 0.371. The Morgan fingerprint density at radius 2 is 1.45 bits per heavy atom. The van der Waals surface area contributed by atoms with Crippen molar-refractivity contribution in [3.8, 4) is 16.9 Å². The highest BCUT2D eigenvalue weighted by atomic mass is 16.5. The van der Waals surface area contributed by atoms with E-state index in [4.69, 9.17) is 4.74 Å². The Labute approximate surface area is 179 Å². The molecule has 0 saturated heterocycles. The SMILES string of the molecule is O=C(O)c1c(COc2cccc3ccccc23)nc2ccccc2c1-c1ccccc1. The van der Waals surface area contributed by atoms with Crippen molar-refractivity contribution in [3.63, 3.8) is 0 Å². The van der Waals surface area contributed by atoms with E-state index in [1.165, 1.54) is 0 Å². The van der Waals surface area contributed by atoms with E-state index in [2.05, 4.69) is 4.98 Å². The Bertz CT molecular complexity index is 1410. The molecule has 0 aliphatic carbocycles. The van der Waals surface area contributed by atoms with E-state index in [1.54, 1.807) is 0 Å². The van der Waals surface area contributed by atoms with Crippen molar-refractivity contribution in [1.82, 2.24) is 4.98 Å². The van der Waals surface area contributed by atoms with Crippen LogP contribution in [0.4, 0.5) is 0 Å². The minimum Gasteiger partial charge on any atom is -0.487 e. The number of ether oxygens (including phenoxy) is 1. The molecule has 150 valence electrons. The van der Waals surface area contributed by atoms with Gasteiger partial charge in [0, 0.05) is 16.3 Å². The molecular formula is C27H19NO3. The zero-order chi connectivity index (χ0) is 21.2. The van der Waals surface area contributed by atoms with Crippen LogP contribution in [0, 0.1) is 0 Å². The standard InChI is InChI=1S/C27H19NO3/c29-27(30)26-23(17-31-24-16-8-12-18-9-4-5-13-20(18)24)28-22-15-7-6-14-21(22)25(26)19-10-2-1-3-11-19/h1-16H,17H2,(H,29,30). The molecule has 5 aromatic rings. The Balaban J connectivity index is 1.66. The Morgan fingerprint density at radius 1 is 0.774 bits per heavy atom. The van der Waals surface area contributed by atoms with Gasteiger partial charge in [-0.25, -0.2) is 9.78 Å². The highest BCUT2D eigenvalue weighted by Gasteiger charge is 2.22. The van der Waals surface area contributed by atoms with E-state index in [1.807, 2.05) is 97.1 Å². The van der Waals surface area contributed by atoms with E-state index >= 15 is 0 Å². The normalized spacial score (nSPS) is 11.0. The van der Waals surface area contributed by atoms with Crippen LogP contribution in [0.5, 0.6) is 5.75 Å². The molecule has 0 amide bonds. The number of aromatic carboxylic acids is 1. The van der Waals surface area contributed by atoms with Crippen LogP contribution in [0.15, 0.2) is 97.1 Å². The molecule has 1 heterocycles. The molecule has 5 rings (SSSR count). The van der Waals surface area contributed by atoms with Gasteiger partial charge >= 0.3 is 5.97 Å². The van der Waals surface area contributed by atoms with E-state index in [0.717, 1.165) is 27.2 Å². The average Bonchev–Trinajstić information content (AvgIpc) is 2.82. The van der Waals surface area contributed by atoms with Crippen LogP contribution in [0.3, 0.4) is 0 Å². The van der Waals surface area contributed by atoms with Crippen LogP contribution in [-0.4, -0.2) is 16.1 Å². The third kappa shape index (κ3) is 3.49. The Morgan fingerprint density at radius 3 is 2.26 bits per heavy atom. The molecule has 0 saturated carbocycles. The maximum atomic E-state index is 12.4. The van der Waals surface area contributed by atoms with Gasteiger partial charge in [0.05, 0.1) is 16.8 Å². The minimum absolute atomic E-state index is 0.0559. The van der Waals surface area contributed by atoms with E-state index in [9.17, 15) is 9.90 Å². The van der Waals surface area contributed by atoms with Crippen LogP contribution >= 0.6 is 0 Å². The van der Waals surface area contributed by atoms with E-state index in [0.29, 0.717) is 17.0 Å². The molecule has 0 radical (unpaired) electrons. The lowest BCUT2D eigenvalue weighted by Crippen LogP contribution is -2.11. The smallest absolute Gasteiger partial charge is 0.338 e. The fourth-order valence-electron chi connectivity index (χ4n) is 3.97.